The Labute approximate surface area is 191 Å². The highest BCUT2D eigenvalue weighted by atomic mass is 35.5. The summed E-state index contributed by atoms with van der Waals surface area (Å²) < 4.78 is 6.54. The lowest BCUT2D eigenvalue weighted by Crippen LogP contribution is -2.32. The molecule has 6 nitrogen and oxygen atoms in total. The number of anilines is 2. The number of hydrogen-bond donors (Lipinski definition) is 0. The normalized spacial score (nSPS) is 14.5. The van der Waals surface area contributed by atoms with Gasteiger partial charge in [0, 0.05) is 36.9 Å². The van der Waals surface area contributed by atoms with Gasteiger partial charge in [-0.2, -0.15) is 9.78 Å². The summed E-state index contributed by atoms with van der Waals surface area (Å²) in [6.45, 7) is 5.19. The fourth-order valence-corrected chi connectivity index (χ4v) is 4.17. The van der Waals surface area contributed by atoms with Crippen molar-refractivity contribution in [2.75, 3.05) is 43.1 Å². The van der Waals surface area contributed by atoms with Crippen LogP contribution in [0.2, 0.25) is 10.0 Å². The standard InChI is InChI=1S/C23H24Cl2N4O2/c1-16-4-5-18(14-20(16)24)29-23(30)22(25)21(15-26-29)28-11-3-10-27(12-13-28)17-6-8-19(31-2)9-7-17/h4-9,14-15H,3,10-13H2,1-2H3. The monoisotopic (exact) mass is 458 g/mol. The number of ether oxygens (including phenoxy) is 1. The molecule has 0 spiro atoms. The van der Waals surface area contributed by atoms with Gasteiger partial charge in [-0.25, -0.2) is 0 Å². The van der Waals surface area contributed by atoms with Gasteiger partial charge in [-0.1, -0.05) is 29.3 Å². The lowest BCUT2D eigenvalue weighted by molar-refractivity contribution is 0.415. The number of rotatable bonds is 4. The quantitative estimate of drug-likeness (QED) is 0.572. The second-order valence-corrected chi connectivity index (χ2v) is 8.31. The average Bonchev–Trinajstić information content (AvgIpc) is 3.04. The van der Waals surface area contributed by atoms with Crippen molar-refractivity contribution < 1.29 is 4.74 Å². The molecule has 2 heterocycles. The molecule has 0 atom stereocenters. The molecule has 0 radical (unpaired) electrons. The van der Waals surface area contributed by atoms with Gasteiger partial charge >= 0.3 is 0 Å². The van der Waals surface area contributed by atoms with E-state index in [1.165, 1.54) is 4.68 Å². The highest BCUT2D eigenvalue weighted by Crippen LogP contribution is 2.26. The number of aryl methyl sites for hydroxylation is 1. The van der Waals surface area contributed by atoms with Crippen LogP contribution in [0.15, 0.2) is 53.5 Å². The van der Waals surface area contributed by atoms with Crippen molar-refractivity contribution in [1.29, 1.82) is 0 Å². The Balaban J connectivity index is 1.55. The Bertz CT molecular complexity index is 1130. The minimum Gasteiger partial charge on any atom is -0.497 e. The third kappa shape index (κ3) is 4.50. The number of methoxy groups -OCH3 is 1. The molecular formula is C23H24Cl2N4O2. The summed E-state index contributed by atoms with van der Waals surface area (Å²) in [7, 11) is 1.66. The zero-order valence-electron chi connectivity index (χ0n) is 17.5. The van der Waals surface area contributed by atoms with Crippen molar-refractivity contribution >= 4 is 34.6 Å². The molecule has 0 unspecified atom stereocenters. The molecule has 0 amide bonds. The van der Waals surface area contributed by atoms with E-state index in [0.717, 1.165) is 49.6 Å². The van der Waals surface area contributed by atoms with Crippen molar-refractivity contribution in [2.24, 2.45) is 0 Å². The van der Waals surface area contributed by atoms with Gasteiger partial charge in [0.05, 0.1) is 24.7 Å². The molecule has 1 aromatic heterocycles. The van der Waals surface area contributed by atoms with Crippen LogP contribution in [0.5, 0.6) is 5.75 Å². The lowest BCUT2D eigenvalue weighted by Gasteiger charge is -2.25. The molecule has 1 fully saturated rings. The van der Waals surface area contributed by atoms with Gasteiger partial charge in [0.15, 0.2) is 0 Å². The fourth-order valence-electron chi connectivity index (χ4n) is 3.75. The van der Waals surface area contributed by atoms with Gasteiger partial charge < -0.3 is 14.5 Å². The molecule has 0 saturated carbocycles. The van der Waals surface area contributed by atoms with Crippen molar-refractivity contribution in [3.05, 3.63) is 74.6 Å². The van der Waals surface area contributed by atoms with Gasteiger partial charge in [0.1, 0.15) is 10.8 Å². The van der Waals surface area contributed by atoms with Crippen LogP contribution in [-0.2, 0) is 0 Å². The molecule has 0 bridgehead atoms. The maximum Gasteiger partial charge on any atom is 0.292 e. The van der Waals surface area contributed by atoms with Crippen LogP contribution >= 0.6 is 23.2 Å². The Kier molecular flexibility index (Phi) is 6.39. The maximum atomic E-state index is 12.9. The van der Waals surface area contributed by atoms with E-state index < -0.39 is 0 Å². The fraction of sp³-hybridized carbons (Fsp3) is 0.304. The Hall–Kier alpha value is -2.70. The molecule has 1 aliphatic rings. The van der Waals surface area contributed by atoms with Gasteiger partial charge in [0.25, 0.3) is 5.56 Å². The van der Waals surface area contributed by atoms with Gasteiger partial charge in [0.2, 0.25) is 0 Å². The third-order valence-corrected chi connectivity index (χ3v) is 6.34. The van der Waals surface area contributed by atoms with Gasteiger partial charge in [-0.3, -0.25) is 4.79 Å². The van der Waals surface area contributed by atoms with Crippen LogP contribution in [0.4, 0.5) is 11.4 Å². The highest BCUT2D eigenvalue weighted by Gasteiger charge is 2.20. The summed E-state index contributed by atoms with van der Waals surface area (Å²) >= 11 is 12.7. The summed E-state index contributed by atoms with van der Waals surface area (Å²) in [5, 5.41) is 5.13. The van der Waals surface area contributed by atoms with Crippen molar-refractivity contribution in [3.8, 4) is 11.4 Å². The van der Waals surface area contributed by atoms with Crippen molar-refractivity contribution in [1.82, 2.24) is 9.78 Å². The zero-order valence-corrected chi connectivity index (χ0v) is 19.0. The van der Waals surface area contributed by atoms with Crippen LogP contribution in [0.1, 0.15) is 12.0 Å². The second-order valence-electron chi connectivity index (χ2n) is 7.52. The van der Waals surface area contributed by atoms with Crippen LogP contribution < -0.4 is 20.1 Å². The van der Waals surface area contributed by atoms with E-state index in [9.17, 15) is 4.79 Å². The molecular weight excluding hydrogens is 435 g/mol. The molecule has 31 heavy (non-hydrogen) atoms. The van der Waals surface area contributed by atoms with E-state index in [4.69, 9.17) is 27.9 Å². The largest absolute Gasteiger partial charge is 0.497 e. The first-order valence-electron chi connectivity index (χ1n) is 10.2. The number of halogens is 2. The zero-order chi connectivity index (χ0) is 22.0. The van der Waals surface area contributed by atoms with Gasteiger partial charge in [-0.05, 0) is 55.3 Å². The Morgan fingerprint density at radius 1 is 0.935 bits per heavy atom. The summed E-state index contributed by atoms with van der Waals surface area (Å²) in [5.74, 6) is 0.841. The SMILES string of the molecule is COc1ccc(N2CCCN(c3cnn(-c4ccc(C)c(Cl)c4)c(=O)c3Cl)CC2)cc1. The van der Waals surface area contributed by atoms with Crippen molar-refractivity contribution in [3.63, 3.8) is 0 Å². The predicted octanol–water partition coefficient (Wildman–Crippen LogP) is 4.57. The molecule has 3 aromatic rings. The first-order valence-corrected chi connectivity index (χ1v) is 10.9. The van der Waals surface area contributed by atoms with Crippen LogP contribution in [-0.4, -0.2) is 43.1 Å². The molecule has 1 aliphatic heterocycles. The van der Waals surface area contributed by atoms with E-state index in [1.54, 1.807) is 19.4 Å². The van der Waals surface area contributed by atoms with E-state index >= 15 is 0 Å². The molecule has 0 aliphatic carbocycles. The van der Waals surface area contributed by atoms with Crippen molar-refractivity contribution in [2.45, 2.75) is 13.3 Å². The topological polar surface area (TPSA) is 50.6 Å². The van der Waals surface area contributed by atoms with Crippen LogP contribution in [0.25, 0.3) is 5.69 Å². The number of benzene rings is 2. The highest BCUT2D eigenvalue weighted by molar-refractivity contribution is 6.33. The first kappa shape index (κ1) is 21.5. The average molecular weight is 459 g/mol. The summed E-state index contributed by atoms with van der Waals surface area (Å²) in [6, 6.07) is 13.5. The lowest BCUT2D eigenvalue weighted by atomic mass is 10.2. The third-order valence-electron chi connectivity index (χ3n) is 5.57. The van der Waals surface area contributed by atoms with E-state index in [0.29, 0.717) is 16.4 Å². The second kappa shape index (κ2) is 9.20. The molecule has 0 N–H and O–H groups in total. The van der Waals surface area contributed by atoms with Crippen LogP contribution in [0, 0.1) is 6.92 Å². The maximum absolute atomic E-state index is 12.9. The molecule has 4 rings (SSSR count). The summed E-state index contributed by atoms with van der Waals surface area (Å²) in [5.41, 5.74) is 2.99. The summed E-state index contributed by atoms with van der Waals surface area (Å²) in [6.07, 6.45) is 2.61. The Morgan fingerprint density at radius 2 is 1.61 bits per heavy atom. The molecule has 1 saturated heterocycles. The number of aromatic nitrogens is 2. The number of nitrogens with zero attached hydrogens (tertiary/aromatic N) is 4. The Morgan fingerprint density at radius 3 is 2.32 bits per heavy atom. The van der Waals surface area contributed by atoms with E-state index in [1.807, 2.05) is 31.2 Å². The molecule has 162 valence electrons. The summed E-state index contributed by atoms with van der Waals surface area (Å²) in [4.78, 5) is 17.4. The van der Waals surface area contributed by atoms with Crippen LogP contribution in [0.3, 0.4) is 0 Å². The minimum absolute atomic E-state index is 0.171. The van der Waals surface area contributed by atoms with E-state index in [-0.39, 0.29) is 10.6 Å². The molecule has 2 aromatic carbocycles. The van der Waals surface area contributed by atoms with Gasteiger partial charge in [-0.15, -0.1) is 0 Å². The predicted molar refractivity (Wildman–Crippen MR) is 127 cm³/mol. The molecule has 8 heteroatoms. The first-order chi connectivity index (χ1) is 15.0. The van der Waals surface area contributed by atoms with E-state index in [2.05, 4.69) is 27.0 Å². The number of hydrogen-bond acceptors (Lipinski definition) is 5. The smallest absolute Gasteiger partial charge is 0.292 e. The minimum atomic E-state index is -0.352.